The van der Waals surface area contributed by atoms with Gasteiger partial charge in [0.25, 0.3) is 0 Å². The molecule has 1 aromatic heterocycles. The molecule has 0 atom stereocenters. The van der Waals surface area contributed by atoms with Crippen LogP contribution in [0.2, 0.25) is 0 Å². The number of fused-ring (bicyclic) bond motifs is 1. The van der Waals surface area contributed by atoms with Gasteiger partial charge in [-0.1, -0.05) is 0 Å². The molecule has 1 heterocycles. The molecule has 106 valence electrons. The number of nitrogens with zero attached hydrogens (tertiary/aromatic N) is 1. The zero-order chi connectivity index (χ0) is 14.1. The lowest BCUT2D eigenvalue weighted by Gasteiger charge is -2.10. The van der Waals surface area contributed by atoms with Crippen molar-refractivity contribution >= 4 is 16.9 Å². The fourth-order valence-corrected chi connectivity index (χ4v) is 2.51. The zero-order valence-electron chi connectivity index (χ0n) is 11.9. The molecule has 0 N–H and O–H groups in total. The molecule has 20 heavy (non-hydrogen) atoms. The van der Waals surface area contributed by atoms with Crippen LogP contribution in [0, 0.1) is 0 Å². The summed E-state index contributed by atoms with van der Waals surface area (Å²) in [6, 6.07) is 6.32. The lowest BCUT2D eigenvalue weighted by Crippen LogP contribution is -2.06. The summed E-state index contributed by atoms with van der Waals surface area (Å²) in [6.07, 6.45) is 4.49. The topological polar surface area (TPSA) is 40.5 Å². The monoisotopic (exact) mass is 273 g/mol. The quantitative estimate of drug-likeness (QED) is 0.782. The van der Waals surface area contributed by atoms with Crippen molar-refractivity contribution in [1.82, 2.24) is 4.57 Å². The van der Waals surface area contributed by atoms with Gasteiger partial charge in [0.1, 0.15) is 5.75 Å². The fourth-order valence-electron chi connectivity index (χ4n) is 2.51. The number of hydrogen-bond donors (Lipinski definition) is 0. The van der Waals surface area contributed by atoms with Crippen LogP contribution in [-0.2, 0) is 4.74 Å². The summed E-state index contributed by atoms with van der Waals surface area (Å²) in [7, 11) is 0. The number of benzene rings is 1. The lowest BCUT2D eigenvalue weighted by molar-refractivity contribution is 0.0526. The third-order valence-electron chi connectivity index (χ3n) is 3.55. The molecule has 1 saturated carbocycles. The van der Waals surface area contributed by atoms with Gasteiger partial charge in [-0.05, 0) is 44.9 Å². The SMILES string of the molecule is CCOC(=O)c1cc(OCC)c2ccn(C3CC3)c2c1. The summed E-state index contributed by atoms with van der Waals surface area (Å²) in [5.74, 6) is 0.464. The number of carbonyl (C=O) groups excluding carboxylic acids is 1. The molecule has 1 aliphatic rings. The maximum Gasteiger partial charge on any atom is 0.338 e. The standard InChI is InChI=1S/C16H19NO3/c1-3-19-15-10-11(16(18)20-4-2)9-14-13(15)7-8-17(14)12-5-6-12/h7-10,12H,3-6H2,1-2H3. The highest BCUT2D eigenvalue weighted by Gasteiger charge is 2.25. The fraction of sp³-hybridized carbons (Fsp3) is 0.438. The van der Waals surface area contributed by atoms with E-state index < -0.39 is 0 Å². The van der Waals surface area contributed by atoms with Crippen LogP contribution in [0.4, 0.5) is 0 Å². The molecule has 1 aliphatic carbocycles. The lowest BCUT2D eigenvalue weighted by atomic mass is 10.1. The van der Waals surface area contributed by atoms with Gasteiger partial charge in [-0.15, -0.1) is 0 Å². The van der Waals surface area contributed by atoms with E-state index in [-0.39, 0.29) is 5.97 Å². The highest BCUT2D eigenvalue weighted by Crippen LogP contribution is 2.40. The molecular weight excluding hydrogens is 254 g/mol. The highest BCUT2D eigenvalue weighted by molar-refractivity contribution is 5.97. The van der Waals surface area contributed by atoms with Gasteiger partial charge in [-0.25, -0.2) is 4.79 Å². The molecule has 0 amide bonds. The molecule has 1 fully saturated rings. The summed E-state index contributed by atoms with van der Waals surface area (Å²) in [4.78, 5) is 12.0. The number of rotatable bonds is 5. The first-order chi connectivity index (χ1) is 9.74. The summed E-state index contributed by atoms with van der Waals surface area (Å²) in [6.45, 7) is 4.72. The Labute approximate surface area is 118 Å². The molecule has 0 radical (unpaired) electrons. The first-order valence-electron chi connectivity index (χ1n) is 7.19. The van der Waals surface area contributed by atoms with Crippen molar-refractivity contribution in [2.45, 2.75) is 32.7 Å². The third-order valence-corrected chi connectivity index (χ3v) is 3.55. The van der Waals surface area contributed by atoms with Gasteiger partial charge >= 0.3 is 5.97 Å². The highest BCUT2D eigenvalue weighted by atomic mass is 16.5. The minimum atomic E-state index is -0.293. The number of esters is 1. The van der Waals surface area contributed by atoms with Crippen LogP contribution in [0.3, 0.4) is 0 Å². The van der Waals surface area contributed by atoms with Gasteiger partial charge in [-0.3, -0.25) is 0 Å². The minimum Gasteiger partial charge on any atom is -0.493 e. The van der Waals surface area contributed by atoms with Crippen molar-refractivity contribution in [2.75, 3.05) is 13.2 Å². The normalized spacial score (nSPS) is 14.5. The van der Waals surface area contributed by atoms with E-state index in [1.54, 1.807) is 6.07 Å². The van der Waals surface area contributed by atoms with E-state index in [0.717, 1.165) is 16.7 Å². The molecule has 4 heteroatoms. The Kier molecular flexibility index (Phi) is 3.38. The molecule has 0 bridgehead atoms. The first kappa shape index (κ1) is 13.0. The number of hydrogen-bond acceptors (Lipinski definition) is 3. The van der Waals surface area contributed by atoms with Crippen molar-refractivity contribution < 1.29 is 14.3 Å². The Bertz CT molecular complexity index is 640. The molecule has 0 saturated heterocycles. The maximum atomic E-state index is 12.0. The Balaban J connectivity index is 2.11. The van der Waals surface area contributed by atoms with Gasteiger partial charge in [0, 0.05) is 17.6 Å². The summed E-state index contributed by atoms with van der Waals surface area (Å²) in [5.41, 5.74) is 1.62. The van der Waals surface area contributed by atoms with Crippen LogP contribution in [-0.4, -0.2) is 23.8 Å². The average Bonchev–Trinajstić information content (AvgIpc) is 3.19. The van der Waals surface area contributed by atoms with Crippen molar-refractivity contribution in [3.8, 4) is 5.75 Å². The average molecular weight is 273 g/mol. The molecule has 1 aromatic carbocycles. The number of carbonyl (C=O) groups is 1. The van der Waals surface area contributed by atoms with Crippen LogP contribution in [0.15, 0.2) is 24.4 Å². The second kappa shape index (κ2) is 5.19. The Morgan fingerprint density at radius 3 is 2.75 bits per heavy atom. The molecule has 2 aromatic rings. The van der Waals surface area contributed by atoms with Crippen molar-refractivity contribution in [2.24, 2.45) is 0 Å². The van der Waals surface area contributed by atoms with E-state index in [0.29, 0.717) is 24.8 Å². The van der Waals surface area contributed by atoms with Gasteiger partial charge in [-0.2, -0.15) is 0 Å². The van der Waals surface area contributed by atoms with E-state index in [2.05, 4.69) is 16.8 Å². The van der Waals surface area contributed by atoms with Crippen LogP contribution < -0.4 is 4.74 Å². The molecule has 0 unspecified atom stereocenters. The molecule has 4 nitrogen and oxygen atoms in total. The Morgan fingerprint density at radius 1 is 1.30 bits per heavy atom. The smallest absolute Gasteiger partial charge is 0.338 e. The van der Waals surface area contributed by atoms with E-state index in [4.69, 9.17) is 9.47 Å². The van der Waals surface area contributed by atoms with Crippen LogP contribution >= 0.6 is 0 Å². The maximum absolute atomic E-state index is 12.0. The van der Waals surface area contributed by atoms with Crippen LogP contribution in [0.5, 0.6) is 5.75 Å². The van der Waals surface area contributed by atoms with E-state index in [1.165, 1.54) is 12.8 Å². The second-order valence-electron chi connectivity index (χ2n) is 5.01. The van der Waals surface area contributed by atoms with Gasteiger partial charge in [0.05, 0.1) is 24.3 Å². The van der Waals surface area contributed by atoms with Gasteiger partial charge in [0.15, 0.2) is 0 Å². The Hall–Kier alpha value is -1.97. The predicted molar refractivity (Wildman–Crippen MR) is 77.3 cm³/mol. The predicted octanol–water partition coefficient (Wildman–Crippen LogP) is 3.55. The van der Waals surface area contributed by atoms with Crippen LogP contribution in [0.1, 0.15) is 43.1 Å². The largest absolute Gasteiger partial charge is 0.493 e. The van der Waals surface area contributed by atoms with Crippen molar-refractivity contribution in [1.29, 1.82) is 0 Å². The third kappa shape index (κ3) is 2.26. The molecule has 0 spiro atoms. The van der Waals surface area contributed by atoms with Crippen molar-refractivity contribution in [3.05, 3.63) is 30.0 Å². The van der Waals surface area contributed by atoms with Gasteiger partial charge in [0.2, 0.25) is 0 Å². The van der Waals surface area contributed by atoms with Crippen molar-refractivity contribution in [3.63, 3.8) is 0 Å². The zero-order valence-corrected chi connectivity index (χ0v) is 11.9. The Morgan fingerprint density at radius 2 is 2.10 bits per heavy atom. The summed E-state index contributed by atoms with van der Waals surface area (Å²) < 4.78 is 13.0. The first-order valence-corrected chi connectivity index (χ1v) is 7.19. The van der Waals surface area contributed by atoms with E-state index in [9.17, 15) is 4.79 Å². The number of ether oxygens (including phenoxy) is 2. The molecule has 3 rings (SSSR count). The molecule has 0 aliphatic heterocycles. The van der Waals surface area contributed by atoms with E-state index in [1.807, 2.05) is 19.9 Å². The van der Waals surface area contributed by atoms with Gasteiger partial charge < -0.3 is 14.0 Å². The van der Waals surface area contributed by atoms with Crippen LogP contribution in [0.25, 0.3) is 10.9 Å². The summed E-state index contributed by atoms with van der Waals surface area (Å²) in [5, 5.41) is 1.06. The van der Waals surface area contributed by atoms with E-state index >= 15 is 0 Å². The molecular formula is C16H19NO3. The second-order valence-corrected chi connectivity index (χ2v) is 5.01. The summed E-state index contributed by atoms with van der Waals surface area (Å²) >= 11 is 0. The minimum absolute atomic E-state index is 0.293. The number of aromatic nitrogens is 1.